The van der Waals surface area contributed by atoms with E-state index in [1.807, 2.05) is 48.7 Å². The summed E-state index contributed by atoms with van der Waals surface area (Å²) < 4.78 is 10.8. The monoisotopic (exact) mass is 575 g/mol. The molecular formula is C33H45N5O4. The number of benzene rings is 2. The Morgan fingerprint density at radius 2 is 1.74 bits per heavy atom. The summed E-state index contributed by atoms with van der Waals surface area (Å²) in [5, 5.41) is 4.17. The number of fused-ring (bicyclic) bond motifs is 1. The summed E-state index contributed by atoms with van der Waals surface area (Å²) in [5.74, 6) is 1.01. The first kappa shape index (κ1) is 29.9. The summed E-state index contributed by atoms with van der Waals surface area (Å²) >= 11 is 0. The Bertz CT molecular complexity index is 1340. The van der Waals surface area contributed by atoms with Gasteiger partial charge in [0.1, 0.15) is 6.04 Å². The lowest BCUT2D eigenvalue weighted by atomic mass is 10.00. The highest BCUT2D eigenvalue weighted by Crippen LogP contribution is 2.28. The van der Waals surface area contributed by atoms with Crippen LogP contribution >= 0.6 is 0 Å². The quantitative estimate of drug-likeness (QED) is 0.361. The molecule has 2 amide bonds. The number of hydrogen-bond acceptors (Lipinski definition) is 6. The third kappa shape index (κ3) is 7.25. The number of hydrogen-bond donors (Lipinski definition) is 2. The number of rotatable bonds is 11. The molecule has 9 nitrogen and oxygen atoms in total. The number of amides is 2. The average Bonchev–Trinajstić information content (AvgIpc) is 3.43. The second-order valence-electron chi connectivity index (χ2n) is 11.7. The lowest BCUT2D eigenvalue weighted by Crippen LogP contribution is -2.52. The molecule has 2 saturated heterocycles. The Labute approximate surface area is 249 Å². The molecule has 2 aromatic carbocycles. The van der Waals surface area contributed by atoms with Gasteiger partial charge in [0, 0.05) is 56.2 Å². The van der Waals surface area contributed by atoms with Crippen LogP contribution in [-0.4, -0.2) is 97.6 Å². The van der Waals surface area contributed by atoms with Crippen molar-refractivity contribution in [3.8, 4) is 11.5 Å². The first-order valence-corrected chi connectivity index (χ1v) is 15.2. The minimum atomic E-state index is -0.687. The number of aromatic nitrogens is 1. The maximum absolute atomic E-state index is 13.9. The third-order valence-corrected chi connectivity index (χ3v) is 8.81. The number of carbonyl (C=O) groups is 2. The van der Waals surface area contributed by atoms with E-state index in [1.54, 1.807) is 26.2 Å². The Morgan fingerprint density at radius 1 is 1.00 bits per heavy atom. The van der Waals surface area contributed by atoms with Crippen LogP contribution in [0.5, 0.6) is 11.5 Å². The molecule has 1 atom stereocenters. The van der Waals surface area contributed by atoms with Crippen LogP contribution in [0, 0.1) is 0 Å². The van der Waals surface area contributed by atoms with E-state index >= 15 is 0 Å². The predicted octanol–water partition coefficient (Wildman–Crippen LogP) is 3.82. The first-order chi connectivity index (χ1) is 20.4. The van der Waals surface area contributed by atoms with Crippen molar-refractivity contribution >= 4 is 22.7 Å². The molecule has 42 heavy (non-hydrogen) atoms. The molecule has 0 bridgehead atoms. The van der Waals surface area contributed by atoms with E-state index in [-0.39, 0.29) is 11.8 Å². The lowest BCUT2D eigenvalue weighted by molar-refractivity contribution is -0.136. The zero-order valence-electron chi connectivity index (χ0n) is 25.2. The van der Waals surface area contributed by atoms with E-state index < -0.39 is 6.04 Å². The molecular weight excluding hydrogens is 530 g/mol. The Balaban J connectivity index is 1.25. The number of nitrogens with zero attached hydrogens (tertiary/aromatic N) is 3. The molecule has 3 heterocycles. The fraction of sp³-hybridized carbons (Fsp3) is 0.515. The largest absolute Gasteiger partial charge is 0.493 e. The van der Waals surface area contributed by atoms with E-state index in [2.05, 4.69) is 20.1 Å². The van der Waals surface area contributed by atoms with Gasteiger partial charge in [-0.1, -0.05) is 30.7 Å². The van der Waals surface area contributed by atoms with Crippen molar-refractivity contribution < 1.29 is 19.1 Å². The van der Waals surface area contributed by atoms with Gasteiger partial charge in [-0.3, -0.25) is 14.5 Å². The number of likely N-dealkylation sites (tertiary alicyclic amines) is 2. The second kappa shape index (κ2) is 14.1. The molecule has 2 fully saturated rings. The molecule has 2 aliphatic rings. The lowest BCUT2D eigenvalue weighted by Gasteiger charge is -2.40. The topological polar surface area (TPSA) is 90.1 Å². The number of H-pyrrole nitrogens is 1. The van der Waals surface area contributed by atoms with Gasteiger partial charge in [0.15, 0.2) is 11.5 Å². The van der Waals surface area contributed by atoms with Crippen molar-refractivity contribution in [3.63, 3.8) is 0 Å². The number of aromatic amines is 1. The van der Waals surface area contributed by atoms with Gasteiger partial charge in [0.25, 0.3) is 0 Å². The summed E-state index contributed by atoms with van der Waals surface area (Å²) in [5.41, 5.74) is 2.93. The maximum atomic E-state index is 13.9. The molecule has 0 radical (unpaired) electrons. The number of methoxy groups -OCH3 is 2. The van der Waals surface area contributed by atoms with E-state index in [0.717, 1.165) is 48.0 Å². The molecule has 0 aliphatic carbocycles. The van der Waals surface area contributed by atoms with Gasteiger partial charge >= 0.3 is 0 Å². The Morgan fingerprint density at radius 3 is 2.48 bits per heavy atom. The zero-order chi connectivity index (χ0) is 29.5. The normalized spacial score (nSPS) is 17.6. The van der Waals surface area contributed by atoms with Gasteiger partial charge in [-0.25, -0.2) is 0 Å². The van der Waals surface area contributed by atoms with Gasteiger partial charge < -0.3 is 29.6 Å². The Hall–Kier alpha value is -3.56. The summed E-state index contributed by atoms with van der Waals surface area (Å²) in [6, 6.07) is 13.6. The second-order valence-corrected chi connectivity index (χ2v) is 11.7. The van der Waals surface area contributed by atoms with Crippen LogP contribution in [0.2, 0.25) is 0 Å². The standard InChI is InChI=1S/C33H45N5O4/c1-36(22-24-11-12-30(41-2)31(19-24)42-3)33(40)29(20-25-21-34-28-10-6-5-9-27(25)28)35-32(39)23-37-17-13-26(14-18-37)38-15-7-4-8-16-38/h5-6,9-12,19,21,26,29,34H,4,7-8,13-18,20,22-23H2,1-3H3,(H,35,39). The number of nitrogens with one attached hydrogen (secondary N) is 2. The molecule has 2 N–H and O–H groups in total. The predicted molar refractivity (Wildman–Crippen MR) is 165 cm³/mol. The number of carbonyl (C=O) groups excluding carboxylic acids is 2. The Kier molecular flexibility index (Phi) is 10.0. The molecule has 0 spiro atoms. The van der Waals surface area contributed by atoms with Gasteiger partial charge in [0.2, 0.25) is 11.8 Å². The molecule has 3 aromatic rings. The number of likely N-dealkylation sites (N-methyl/N-ethyl adjacent to an activating group) is 1. The van der Waals surface area contributed by atoms with Gasteiger partial charge in [-0.15, -0.1) is 0 Å². The number of piperidine rings is 2. The van der Waals surface area contributed by atoms with Crippen LogP contribution in [0.25, 0.3) is 10.9 Å². The minimum absolute atomic E-state index is 0.107. The number of ether oxygens (including phenoxy) is 2. The molecule has 9 heteroatoms. The third-order valence-electron chi connectivity index (χ3n) is 8.81. The van der Waals surface area contributed by atoms with Crippen LogP contribution in [0.4, 0.5) is 0 Å². The van der Waals surface area contributed by atoms with Crippen LogP contribution < -0.4 is 14.8 Å². The molecule has 0 saturated carbocycles. The van der Waals surface area contributed by atoms with Crippen LogP contribution in [0.1, 0.15) is 43.2 Å². The van der Waals surface area contributed by atoms with Crippen molar-refractivity contribution in [2.75, 3.05) is 54.0 Å². The van der Waals surface area contributed by atoms with Crippen molar-refractivity contribution in [2.24, 2.45) is 0 Å². The maximum Gasteiger partial charge on any atom is 0.245 e. The molecule has 2 aliphatic heterocycles. The van der Waals surface area contributed by atoms with Gasteiger partial charge in [0.05, 0.1) is 20.8 Å². The van der Waals surface area contributed by atoms with Crippen molar-refractivity contribution in [2.45, 2.75) is 57.2 Å². The van der Waals surface area contributed by atoms with E-state index in [9.17, 15) is 9.59 Å². The number of para-hydroxylation sites is 1. The minimum Gasteiger partial charge on any atom is -0.493 e. The summed E-state index contributed by atoms with van der Waals surface area (Å²) in [7, 11) is 4.97. The molecule has 5 rings (SSSR count). The highest BCUT2D eigenvalue weighted by molar-refractivity contribution is 5.90. The van der Waals surface area contributed by atoms with Crippen molar-refractivity contribution in [1.82, 2.24) is 25.0 Å². The summed E-state index contributed by atoms with van der Waals surface area (Å²) in [4.78, 5) is 37.1. The fourth-order valence-electron chi connectivity index (χ4n) is 6.49. The fourth-order valence-corrected chi connectivity index (χ4v) is 6.49. The zero-order valence-corrected chi connectivity index (χ0v) is 25.2. The average molecular weight is 576 g/mol. The highest BCUT2D eigenvalue weighted by atomic mass is 16.5. The van der Waals surface area contributed by atoms with Crippen LogP contribution in [0.15, 0.2) is 48.7 Å². The van der Waals surface area contributed by atoms with Crippen LogP contribution in [0.3, 0.4) is 0 Å². The van der Waals surface area contributed by atoms with E-state index in [1.165, 1.54) is 32.4 Å². The molecule has 1 unspecified atom stereocenters. The SMILES string of the molecule is COc1ccc(CN(C)C(=O)C(Cc2c[nH]c3ccccc23)NC(=O)CN2CCC(N3CCCCC3)CC2)cc1OC. The molecule has 226 valence electrons. The smallest absolute Gasteiger partial charge is 0.245 e. The van der Waals surface area contributed by atoms with Gasteiger partial charge in [-0.2, -0.15) is 0 Å². The van der Waals surface area contributed by atoms with Crippen molar-refractivity contribution in [3.05, 3.63) is 59.8 Å². The first-order valence-electron chi connectivity index (χ1n) is 15.2. The van der Waals surface area contributed by atoms with Gasteiger partial charge in [-0.05, 0) is 68.1 Å². The summed E-state index contributed by atoms with van der Waals surface area (Å²) in [6.45, 7) is 4.93. The van der Waals surface area contributed by atoms with E-state index in [4.69, 9.17) is 9.47 Å². The molecule has 1 aromatic heterocycles. The van der Waals surface area contributed by atoms with E-state index in [0.29, 0.717) is 37.1 Å². The highest BCUT2D eigenvalue weighted by Gasteiger charge is 2.29. The van der Waals surface area contributed by atoms with Crippen molar-refractivity contribution in [1.29, 1.82) is 0 Å². The van der Waals surface area contributed by atoms with Crippen LogP contribution in [-0.2, 0) is 22.6 Å². The summed E-state index contributed by atoms with van der Waals surface area (Å²) in [6.07, 6.45) is 8.48.